The number of rotatable bonds is 1. The Kier molecular flexibility index (Phi) is 9.89. The van der Waals surface area contributed by atoms with E-state index in [2.05, 4.69) is 4.74 Å². The molecular weight excluding hydrogens is 213 g/mol. The maximum Gasteiger partial charge on any atom is -1.00 e. The van der Waals surface area contributed by atoms with E-state index in [9.17, 15) is 4.79 Å². The van der Waals surface area contributed by atoms with Crippen LogP contribution in [0.2, 0.25) is 0 Å². The predicted octanol–water partition coefficient (Wildman–Crippen LogP) is -2.94. The zero-order valence-corrected chi connectivity index (χ0v) is 8.66. The summed E-state index contributed by atoms with van der Waals surface area (Å²) in [6.45, 7) is 1.41. The van der Waals surface area contributed by atoms with Crippen molar-refractivity contribution < 1.29 is 44.8 Å². The second kappa shape index (κ2) is 6.57. The number of ether oxygens (including phenoxy) is 1. The van der Waals surface area contributed by atoms with E-state index in [-0.39, 0.29) is 23.0 Å². The monoisotopic (exact) mass is 216 g/mol. The molecule has 0 amide bonds. The maximum absolute atomic E-state index is 9.84. The molecule has 0 saturated heterocycles. The van der Waals surface area contributed by atoms with Gasteiger partial charge in [0, 0.05) is 0 Å². The van der Waals surface area contributed by atoms with Crippen LogP contribution in [0.3, 0.4) is 0 Å². The molecule has 0 aromatic rings. The Morgan fingerprint density at radius 2 is 2.29 bits per heavy atom. The van der Waals surface area contributed by atoms with Gasteiger partial charge in [0.25, 0.3) is 0 Å². The first kappa shape index (κ1) is 10.5. The average molecular weight is 218 g/mol. The van der Waals surface area contributed by atoms with E-state index >= 15 is 0 Å². The Morgan fingerprint density at radius 3 is 2.29 bits per heavy atom. The number of carbonyl (C=O) groups excluding carboxylic acids is 1. The SMILES string of the molecule is CC(=O)O[CH2][Zn+].[Br-]. The van der Waals surface area contributed by atoms with Crippen LogP contribution >= 0.6 is 0 Å². The van der Waals surface area contributed by atoms with Crippen molar-refractivity contribution in [1.29, 1.82) is 0 Å². The van der Waals surface area contributed by atoms with Gasteiger partial charge in [-0.15, -0.1) is 0 Å². The van der Waals surface area contributed by atoms with Gasteiger partial charge in [-0.2, -0.15) is 0 Å². The Hall–Kier alpha value is 0.573. The molecule has 0 rings (SSSR count). The van der Waals surface area contributed by atoms with Crippen LogP contribution in [0, 0.1) is 0 Å². The van der Waals surface area contributed by atoms with Gasteiger partial charge in [-0.25, -0.2) is 0 Å². The molecule has 0 fully saturated rings. The van der Waals surface area contributed by atoms with Crippen LogP contribution in [0.4, 0.5) is 0 Å². The van der Waals surface area contributed by atoms with Crippen LogP contribution in [-0.2, 0) is 27.8 Å². The maximum atomic E-state index is 9.84. The summed E-state index contributed by atoms with van der Waals surface area (Å²) in [6, 6.07) is 0. The fourth-order valence-corrected chi connectivity index (χ4v) is 0.747. The van der Waals surface area contributed by atoms with E-state index in [1.807, 2.05) is 0 Å². The molecule has 2 nitrogen and oxygen atoms in total. The van der Waals surface area contributed by atoms with Crippen LogP contribution < -0.4 is 17.0 Å². The minimum atomic E-state index is -0.179. The van der Waals surface area contributed by atoms with Crippen molar-refractivity contribution in [3.05, 3.63) is 0 Å². The minimum absolute atomic E-state index is 0. The van der Waals surface area contributed by atoms with Gasteiger partial charge in [0.15, 0.2) is 0 Å². The topological polar surface area (TPSA) is 26.3 Å². The Labute approximate surface area is 63.1 Å². The molecule has 0 aliphatic heterocycles. The van der Waals surface area contributed by atoms with Gasteiger partial charge in [0.2, 0.25) is 0 Å². The number of halogens is 1. The molecule has 0 saturated carbocycles. The first-order chi connectivity index (χ1) is 2.77. The molecule has 0 unspecified atom stereocenters. The Balaban J connectivity index is 0. The predicted molar refractivity (Wildman–Crippen MR) is 16.6 cm³/mol. The van der Waals surface area contributed by atoms with E-state index in [1.165, 1.54) is 6.92 Å². The third-order valence-corrected chi connectivity index (χ3v) is 0.734. The molecule has 0 radical (unpaired) electrons. The van der Waals surface area contributed by atoms with Crippen molar-refractivity contribution in [3.63, 3.8) is 0 Å². The Morgan fingerprint density at radius 1 is 1.86 bits per heavy atom. The Bertz CT molecular complexity index is 56.9. The molecule has 4 heteroatoms. The van der Waals surface area contributed by atoms with Crippen molar-refractivity contribution >= 4 is 5.97 Å². The zero-order valence-electron chi connectivity index (χ0n) is 4.11. The summed E-state index contributed by atoms with van der Waals surface area (Å²) in [5, 5.41) is 0.606. The fourth-order valence-electron chi connectivity index (χ4n) is 0.144. The molecule has 0 bridgehead atoms. The van der Waals surface area contributed by atoms with Gasteiger partial charge in [0.1, 0.15) is 0 Å². The summed E-state index contributed by atoms with van der Waals surface area (Å²) < 4.78 is 4.46. The molecular formula is C3H5BrO2Zn. The molecule has 0 N–H and O–H groups in total. The summed E-state index contributed by atoms with van der Waals surface area (Å²) in [5.74, 6) is -0.179. The zero-order chi connectivity index (χ0) is 4.99. The molecule has 0 aliphatic carbocycles. The smallest absolute Gasteiger partial charge is 1.00 e. The normalized spacial score (nSPS) is 6.71. The molecule has 38 valence electrons. The second-order valence-electron chi connectivity index (χ2n) is 0.840. The summed E-state index contributed by atoms with van der Waals surface area (Å²) >= 11 is 1.03. The first-order valence-electron chi connectivity index (χ1n) is 1.70. The van der Waals surface area contributed by atoms with Crippen molar-refractivity contribution in [2.24, 2.45) is 0 Å². The standard InChI is InChI=1S/C3H5O2.BrH.Zn/c1-3(4)5-2;;/h2H2,1H3;1H;/q;;+1/p-1. The molecule has 0 aliphatic rings. The molecule has 7 heavy (non-hydrogen) atoms. The molecule has 0 atom stereocenters. The van der Waals surface area contributed by atoms with E-state index in [4.69, 9.17) is 0 Å². The minimum Gasteiger partial charge on any atom is -1.00 e. The van der Waals surface area contributed by atoms with Gasteiger partial charge in [-0.3, -0.25) is 0 Å². The molecule has 0 heterocycles. The number of carbonyl (C=O) groups is 1. The summed E-state index contributed by atoms with van der Waals surface area (Å²) in [4.78, 5) is 9.84. The molecule has 0 spiro atoms. The van der Waals surface area contributed by atoms with Crippen molar-refractivity contribution in [1.82, 2.24) is 0 Å². The van der Waals surface area contributed by atoms with Crippen molar-refractivity contribution in [2.75, 3.05) is 5.20 Å². The van der Waals surface area contributed by atoms with Gasteiger partial charge in [-0.05, 0) is 0 Å². The summed E-state index contributed by atoms with van der Waals surface area (Å²) in [7, 11) is 0. The van der Waals surface area contributed by atoms with Crippen LogP contribution in [0.15, 0.2) is 0 Å². The quantitative estimate of drug-likeness (QED) is 0.348. The van der Waals surface area contributed by atoms with Gasteiger partial charge in [-0.1, -0.05) is 0 Å². The first-order valence-corrected chi connectivity index (χ1v) is 3.79. The number of hydrogen-bond donors (Lipinski definition) is 0. The second-order valence-corrected chi connectivity index (χ2v) is 1.70. The van der Waals surface area contributed by atoms with Crippen LogP contribution in [0.5, 0.6) is 0 Å². The third kappa shape index (κ3) is 10.8. The molecule has 0 aromatic carbocycles. The summed E-state index contributed by atoms with van der Waals surface area (Å²) in [6.07, 6.45) is 0. The van der Waals surface area contributed by atoms with Crippen molar-refractivity contribution in [3.8, 4) is 0 Å². The van der Waals surface area contributed by atoms with Gasteiger partial charge < -0.3 is 17.0 Å². The molecule has 0 aromatic heterocycles. The van der Waals surface area contributed by atoms with Crippen molar-refractivity contribution in [2.45, 2.75) is 6.92 Å². The summed E-state index contributed by atoms with van der Waals surface area (Å²) in [5.41, 5.74) is 0. The largest absolute Gasteiger partial charge is 1.00 e. The van der Waals surface area contributed by atoms with Crippen LogP contribution in [0.1, 0.15) is 6.92 Å². The average Bonchev–Trinajstić information content (AvgIpc) is 1.35. The van der Waals surface area contributed by atoms with E-state index in [0.717, 1.165) is 18.3 Å². The number of esters is 1. The van der Waals surface area contributed by atoms with E-state index in [1.54, 1.807) is 0 Å². The van der Waals surface area contributed by atoms with Gasteiger partial charge >= 0.3 is 45.9 Å². The third-order valence-electron chi connectivity index (χ3n) is 0.305. The number of hydrogen-bond acceptors (Lipinski definition) is 2. The van der Waals surface area contributed by atoms with Gasteiger partial charge in [0.05, 0.1) is 0 Å². The van der Waals surface area contributed by atoms with Crippen LogP contribution in [0.25, 0.3) is 0 Å². The van der Waals surface area contributed by atoms with E-state index < -0.39 is 0 Å². The van der Waals surface area contributed by atoms with E-state index in [0.29, 0.717) is 5.20 Å². The fraction of sp³-hybridized carbons (Fsp3) is 0.667. The van der Waals surface area contributed by atoms with Crippen LogP contribution in [-0.4, -0.2) is 11.2 Å².